The number of benzene rings is 1. The van der Waals surface area contributed by atoms with Crippen LogP contribution in [-0.2, 0) is 9.53 Å². The van der Waals surface area contributed by atoms with E-state index in [1.807, 2.05) is 36.4 Å². The molecule has 0 fully saturated rings. The van der Waals surface area contributed by atoms with E-state index in [2.05, 4.69) is 0 Å². The van der Waals surface area contributed by atoms with Crippen LogP contribution in [0.5, 0.6) is 0 Å². The van der Waals surface area contributed by atoms with E-state index in [4.69, 9.17) is 4.74 Å². The fourth-order valence-corrected chi connectivity index (χ4v) is 2.26. The lowest BCUT2D eigenvalue weighted by molar-refractivity contribution is -0.145. The minimum Gasteiger partial charge on any atom is -0.459 e. The Bertz CT molecular complexity index is 507. The van der Waals surface area contributed by atoms with Crippen LogP contribution in [0.25, 0.3) is 6.08 Å². The maximum Gasteiger partial charge on any atom is 0.330 e. The smallest absolute Gasteiger partial charge is 0.330 e. The van der Waals surface area contributed by atoms with Gasteiger partial charge in [-0.3, -0.25) is 0 Å². The van der Waals surface area contributed by atoms with Gasteiger partial charge in [0.15, 0.2) is 0 Å². The van der Waals surface area contributed by atoms with E-state index in [0.717, 1.165) is 5.56 Å². The van der Waals surface area contributed by atoms with Crippen LogP contribution in [0.4, 0.5) is 0 Å². The minimum atomic E-state index is -0.727. The van der Waals surface area contributed by atoms with Crippen molar-refractivity contribution in [2.24, 2.45) is 0 Å². The zero-order valence-corrected chi connectivity index (χ0v) is 11.8. The van der Waals surface area contributed by atoms with Gasteiger partial charge in [0.2, 0.25) is 0 Å². The molecule has 0 radical (unpaired) electrons. The summed E-state index contributed by atoms with van der Waals surface area (Å²) in [6.45, 7) is 0. The van der Waals surface area contributed by atoms with Gasteiger partial charge in [-0.25, -0.2) is 4.79 Å². The first kappa shape index (κ1) is 15.5. The Labute approximate surface area is 124 Å². The predicted molar refractivity (Wildman–Crippen MR) is 80.4 cm³/mol. The number of carbonyl (C=O) groups excluding carboxylic acids is 1. The lowest BCUT2D eigenvalue weighted by atomic mass is 10.0. The van der Waals surface area contributed by atoms with Gasteiger partial charge in [-0.05, 0) is 5.56 Å². The molecular formula is C17H20O4. The average Bonchev–Trinajstić information content (AvgIpc) is 2.46. The van der Waals surface area contributed by atoms with Crippen molar-refractivity contribution in [1.82, 2.24) is 0 Å². The first-order chi connectivity index (χ1) is 10.1. The second-order valence-corrected chi connectivity index (χ2v) is 5.16. The average molecular weight is 288 g/mol. The molecule has 1 aromatic carbocycles. The summed E-state index contributed by atoms with van der Waals surface area (Å²) in [7, 11) is 0. The summed E-state index contributed by atoms with van der Waals surface area (Å²) in [4.78, 5) is 11.1. The van der Waals surface area contributed by atoms with Gasteiger partial charge in [0.25, 0.3) is 0 Å². The van der Waals surface area contributed by atoms with Crippen molar-refractivity contribution in [3.8, 4) is 0 Å². The van der Waals surface area contributed by atoms with Crippen LogP contribution in [0.1, 0.15) is 24.8 Å². The topological polar surface area (TPSA) is 66.8 Å². The fourth-order valence-electron chi connectivity index (χ4n) is 2.26. The molecular weight excluding hydrogens is 268 g/mol. The van der Waals surface area contributed by atoms with Crippen molar-refractivity contribution in [2.75, 3.05) is 0 Å². The van der Waals surface area contributed by atoms with Crippen LogP contribution in [-0.4, -0.2) is 34.5 Å². The molecule has 112 valence electrons. The zero-order chi connectivity index (χ0) is 15.1. The molecule has 21 heavy (non-hydrogen) atoms. The van der Waals surface area contributed by atoms with Crippen LogP contribution in [0.2, 0.25) is 0 Å². The van der Waals surface area contributed by atoms with Crippen molar-refractivity contribution >= 4 is 12.0 Å². The Hall–Kier alpha value is -1.91. The molecule has 2 N–H and O–H groups in total. The molecule has 0 aliphatic carbocycles. The van der Waals surface area contributed by atoms with E-state index in [0.29, 0.717) is 12.8 Å². The Morgan fingerprint density at radius 1 is 1.29 bits per heavy atom. The number of aliphatic hydroxyl groups is 2. The molecule has 1 heterocycles. The Morgan fingerprint density at radius 3 is 2.76 bits per heavy atom. The lowest BCUT2D eigenvalue weighted by Crippen LogP contribution is -2.27. The highest BCUT2D eigenvalue weighted by Crippen LogP contribution is 2.16. The van der Waals surface area contributed by atoms with Gasteiger partial charge in [0, 0.05) is 25.3 Å². The van der Waals surface area contributed by atoms with Crippen LogP contribution in [0.15, 0.2) is 48.6 Å². The number of hydrogen-bond donors (Lipinski definition) is 2. The number of cyclic esters (lactones) is 1. The third-order valence-electron chi connectivity index (χ3n) is 3.29. The van der Waals surface area contributed by atoms with Crippen molar-refractivity contribution in [1.29, 1.82) is 0 Å². The summed E-state index contributed by atoms with van der Waals surface area (Å²) in [5, 5.41) is 19.8. The molecule has 0 spiro atoms. The Kier molecular flexibility index (Phi) is 5.72. The van der Waals surface area contributed by atoms with E-state index >= 15 is 0 Å². The molecule has 0 aromatic heterocycles. The van der Waals surface area contributed by atoms with Crippen LogP contribution in [0.3, 0.4) is 0 Å². The Balaban J connectivity index is 1.77. The predicted octanol–water partition coefficient (Wildman–Crippen LogP) is 2.07. The maximum atomic E-state index is 11.1. The van der Waals surface area contributed by atoms with Gasteiger partial charge < -0.3 is 14.9 Å². The molecule has 0 amide bonds. The van der Waals surface area contributed by atoms with Gasteiger partial charge in [0.05, 0.1) is 12.2 Å². The van der Waals surface area contributed by atoms with Crippen molar-refractivity contribution in [3.05, 3.63) is 54.1 Å². The van der Waals surface area contributed by atoms with Gasteiger partial charge in [-0.1, -0.05) is 48.6 Å². The van der Waals surface area contributed by atoms with E-state index in [1.54, 1.807) is 12.2 Å². The normalized spacial score (nSPS) is 21.2. The molecule has 1 aliphatic rings. The summed E-state index contributed by atoms with van der Waals surface area (Å²) in [5.41, 5.74) is 0.998. The molecule has 0 saturated heterocycles. The molecule has 2 rings (SSSR count). The summed E-state index contributed by atoms with van der Waals surface area (Å²) in [5.74, 6) is -0.372. The summed E-state index contributed by atoms with van der Waals surface area (Å²) in [6, 6.07) is 9.65. The highest BCUT2D eigenvalue weighted by molar-refractivity contribution is 5.82. The Morgan fingerprint density at radius 2 is 2.05 bits per heavy atom. The van der Waals surface area contributed by atoms with Gasteiger partial charge >= 0.3 is 5.97 Å². The standard InChI is InChI=1S/C17H20O4/c18-14(10-9-13-5-2-1-3-6-13)11-15(19)12-16-7-4-8-17(20)21-16/h1-6,8-10,14-16,18-19H,7,11-12H2/b10-9+. The molecule has 0 saturated carbocycles. The molecule has 3 atom stereocenters. The summed E-state index contributed by atoms with van der Waals surface area (Å²) in [6.07, 6.45) is 6.05. The SMILES string of the molecule is O=C1C=CCC(CC(O)CC(O)/C=C/c2ccccc2)O1. The van der Waals surface area contributed by atoms with Gasteiger partial charge in [-0.15, -0.1) is 0 Å². The second-order valence-electron chi connectivity index (χ2n) is 5.16. The molecule has 4 heteroatoms. The lowest BCUT2D eigenvalue weighted by Gasteiger charge is -2.22. The molecule has 1 aromatic rings. The number of carbonyl (C=O) groups is 1. The number of rotatable bonds is 6. The third kappa shape index (κ3) is 5.53. The second kappa shape index (κ2) is 7.76. The summed E-state index contributed by atoms with van der Waals surface area (Å²) >= 11 is 0. The van der Waals surface area contributed by atoms with Crippen molar-refractivity contribution < 1.29 is 19.7 Å². The quantitative estimate of drug-likeness (QED) is 0.786. The van der Waals surface area contributed by atoms with Gasteiger partial charge in [0.1, 0.15) is 6.10 Å². The first-order valence-corrected chi connectivity index (χ1v) is 7.10. The number of ether oxygens (including phenoxy) is 1. The zero-order valence-electron chi connectivity index (χ0n) is 11.8. The maximum absolute atomic E-state index is 11.1. The molecule has 3 unspecified atom stereocenters. The monoisotopic (exact) mass is 288 g/mol. The van der Waals surface area contributed by atoms with Crippen LogP contribution in [0, 0.1) is 0 Å². The third-order valence-corrected chi connectivity index (χ3v) is 3.29. The highest BCUT2D eigenvalue weighted by atomic mass is 16.5. The number of aliphatic hydroxyl groups excluding tert-OH is 2. The fraction of sp³-hybridized carbons (Fsp3) is 0.353. The molecule has 0 bridgehead atoms. The first-order valence-electron chi connectivity index (χ1n) is 7.10. The van der Waals surface area contributed by atoms with Crippen LogP contribution < -0.4 is 0 Å². The minimum absolute atomic E-state index is 0.223. The van der Waals surface area contributed by atoms with Crippen molar-refractivity contribution in [3.63, 3.8) is 0 Å². The van der Waals surface area contributed by atoms with E-state index in [-0.39, 0.29) is 18.5 Å². The largest absolute Gasteiger partial charge is 0.459 e. The van der Waals surface area contributed by atoms with E-state index < -0.39 is 12.2 Å². The summed E-state index contributed by atoms with van der Waals surface area (Å²) < 4.78 is 5.08. The highest BCUT2D eigenvalue weighted by Gasteiger charge is 2.20. The van der Waals surface area contributed by atoms with Crippen molar-refractivity contribution in [2.45, 2.75) is 37.6 Å². The number of esters is 1. The number of hydrogen-bond acceptors (Lipinski definition) is 4. The van der Waals surface area contributed by atoms with Gasteiger partial charge in [-0.2, -0.15) is 0 Å². The van der Waals surface area contributed by atoms with Crippen LogP contribution >= 0.6 is 0 Å². The van der Waals surface area contributed by atoms with E-state index in [9.17, 15) is 15.0 Å². The molecule has 1 aliphatic heterocycles. The van der Waals surface area contributed by atoms with E-state index in [1.165, 1.54) is 6.08 Å². The molecule has 4 nitrogen and oxygen atoms in total.